The number of aryl methyl sites for hydroxylation is 2. The zero-order valence-corrected chi connectivity index (χ0v) is 13.3. The summed E-state index contributed by atoms with van der Waals surface area (Å²) in [4.78, 5) is 28.6. The van der Waals surface area contributed by atoms with Gasteiger partial charge in [-0.05, 0) is 38.8 Å². The molecule has 1 fully saturated rings. The van der Waals surface area contributed by atoms with Crippen molar-refractivity contribution in [1.29, 1.82) is 0 Å². The van der Waals surface area contributed by atoms with Crippen LogP contribution in [0.3, 0.4) is 0 Å². The summed E-state index contributed by atoms with van der Waals surface area (Å²) in [5.41, 5.74) is 1.25. The molecular formula is C15H22N2O2S. The van der Waals surface area contributed by atoms with Crippen molar-refractivity contribution in [3.8, 4) is 0 Å². The van der Waals surface area contributed by atoms with Gasteiger partial charge in [0.1, 0.15) is 12.1 Å². The lowest BCUT2D eigenvalue weighted by Crippen LogP contribution is -2.61. The third-order valence-corrected chi connectivity index (χ3v) is 5.00. The first-order valence-electron chi connectivity index (χ1n) is 7.10. The summed E-state index contributed by atoms with van der Waals surface area (Å²) in [6, 6.07) is 1.37. The van der Waals surface area contributed by atoms with E-state index >= 15 is 0 Å². The van der Waals surface area contributed by atoms with Gasteiger partial charge in [-0.3, -0.25) is 9.59 Å². The molecule has 2 heterocycles. The predicted octanol–water partition coefficient (Wildman–Crippen LogP) is 2.38. The number of carbonyl (C=O) groups excluding carboxylic acids is 2. The van der Waals surface area contributed by atoms with Crippen LogP contribution in [0.25, 0.3) is 0 Å². The van der Waals surface area contributed by atoms with Crippen molar-refractivity contribution in [1.82, 2.24) is 10.2 Å². The lowest BCUT2D eigenvalue weighted by atomic mass is 10.0. The number of amides is 2. The molecule has 0 saturated carbocycles. The van der Waals surface area contributed by atoms with Crippen molar-refractivity contribution < 1.29 is 9.59 Å². The largest absolute Gasteiger partial charge is 0.343 e. The fraction of sp³-hybridized carbons (Fsp3) is 0.600. The van der Waals surface area contributed by atoms with Gasteiger partial charge >= 0.3 is 0 Å². The highest BCUT2D eigenvalue weighted by atomic mass is 32.1. The molecule has 0 aromatic carbocycles. The SMILES string of the molecule is CCCC1NC(=O)C(C)N(Cc2cc(C)c(C)s2)C1=O. The van der Waals surface area contributed by atoms with Crippen molar-refractivity contribution in [2.45, 2.75) is 59.2 Å². The predicted molar refractivity (Wildman–Crippen MR) is 80.6 cm³/mol. The van der Waals surface area contributed by atoms with Crippen LogP contribution in [-0.2, 0) is 16.1 Å². The Morgan fingerprint density at radius 2 is 2.05 bits per heavy atom. The fourth-order valence-electron chi connectivity index (χ4n) is 2.48. The van der Waals surface area contributed by atoms with E-state index in [1.54, 1.807) is 23.2 Å². The van der Waals surface area contributed by atoms with Crippen LogP contribution < -0.4 is 5.32 Å². The lowest BCUT2D eigenvalue weighted by Gasteiger charge is -2.37. The van der Waals surface area contributed by atoms with Crippen LogP contribution in [0.4, 0.5) is 0 Å². The Labute approximate surface area is 124 Å². The van der Waals surface area contributed by atoms with Crippen LogP contribution in [0.1, 0.15) is 42.0 Å². The Kier molecular flexibility index (Phi) is 4.48. The topological polar surface area (TPSA) is 49.4 Å². The van der Waals surface area contributed by atoms with E-state index < -0.39 is 6.04 Å². The smallest absolute Gasteiger partial charge is 0.246 e. The number of thiophene rings is 1. The van der Waals surface area contributed by atoms with Gasteiger partial charge in [0, 0.05) is 9.75 Å². The molecule has 0 aliphatic carbocycles. The van der Waals surface area contributed by atoms with E-state index in [0.717, 1.165) is 11.3 Å². The first kappa shape index (κ1) is 15.0. The Bertz CT molecular complexity index is 504. The third-order valence-electron chi connectivity index (χ3n) is 3.87. The molecule has 2 unspecified atom stereocenters. The van der Waals surface area contributed by atoms with Gasteiger partial charge in [-0.15, -0.1) is 11.3 Å². The zero-order chi connectivity index (χ0) is 14.9. The summed E-state index contributed by atoms with van der Waals surface area (Å²) < 4.78 is 0. The maximum atomic E-state index is 12.5. The number of nitrogens with one attached hydrogen (secondary N) is 1. The second kappa shape index (κ2) is 5.95. The van der Waals surface area contributed by atoms with Crippen molar-refractivity contribution in [3.63, 3.8) is 0 Å². The van der Waals surface area contributed by atoms with Gasteiger partial charge in [-0.2, -0.15) is 0 Å². The quantitative estimate of drug-likeness (QED) is 0.927. The van der Waals surface area contributed by atoms with Crippen LogP contribution in [-0.4, -0.2) is 28.8 Å². The van der Waals surface area contributed by atoms with Crippen LogP contribution >= 0.6 is 11.3 Å². The van der Waals surface area contributed by atoms with Crippen molar-refractivity contribution in [3.05, 3.63) is 21.4 Å². The summed E-state index contributed by atoms with van der Waals surface area (Å²) >= 11 is 1.70. The first-order valence-corrected chi connectivity index (χ1v) is 7.92. The molecule has 5 heteroatoms. The monoisotopic (exact) mass is 294 g/mol. The highest BCUT2D eigenvalue weighted by Crippen LogP contribution is 2.24. The van der Waals surface area contributed by atoms with Gasteiger partial charge in [-0.25, -0.2) is 0 Å². The number of hydrogen-bond donors (Lipinski definition) is 1. The molecule has 0 bridgehead atoms. The van der Waals surface area contributed by atoms with Gasteiger partial charge in [0.05, 0.1) is 6.54 Å². The number of rotatable bonds is 4. The van der Waals surface area contributed by atoms with Gasteiger partial charge in [0.2, 0.25) is 11.8 Å². The van der Waals surface area contributed by atoms with E-state index in [2.05, 4.69) is 25.2 Å². The van der Waals surface area contributed by atoms with Crippen LogP contribution in [0.15, 0.2) is 6.07 Å². The Hall–Kier alpha value is -1.36. The number of hydrogen-bond acceptors (Lipinski definition) is 3. The normalized spacial score (nSPS) is 23.1. The third kappa shape index (κ3) is 2.87. The van der Waals surface area contributed by atoms with E-state index in [0.29, 0.717) is 13.0 Å². The molecule has 1 aliphatic rings. The van der Waals surface area contributed by atoms with Crippen LogP contribution in [0, 0.1) is 13.8 Å². The van der Waals surface area contributed by atoms with E-state index in [1.165, 1.54) is 10.4 Å². The molecule has 1 aromatic rings. The highest BCUT2D eigenvalue weighted by molar-refractivity contribution is 7.12. The number of nitrogens with zero attached hydrogens (tertiary/aromatic N) is 1. The Balaban J connectivity index is 2.18. The molecule has 4 nitrogen and oxygen atoms in total. The van der Waals surface area contributed by atoms with Crippen LogP contribution in [0.5, 0.6) is 0 Å². The maximum Gasteiger partial charge on any atom is 0.246 e. The second-order valence-electron chi connectivity index (χ2n) is 5.44. The molecule has 0 radical (unpaired) electrons. The van der Waals surface area contributed by atoms with Gasteiger partial charge < -0.3 is 10.2 Å². The van der Waals surface area contributed by atoms with Crippen molar-refractivity contribution in [2.24, 2.45) is 0 Å². The van der Waals surface area contributed by atoms with Gasteiger partial charge in [0.25, 0.3) is 0 Å². The summed E-state index contributed by atoms with van der Waals surface area (Å²) in [5.74, 6) is -0.00398. The van der Waals surface area contributed by atoms with E-state index in [1.807, 2.05) is 6.92 Å². The summed E-state index contributed by atoms with van der Waals surface area (Å²) in [6.45, 7) is 8.50. The fourth-order valence-corrected chi connectivity index (χ4v) is 3.53. The van der Waals surface area contributed by atoms with Gasteiger partial charge in [-0.1, -0.05) is 13.3 Å². The molecule has 2 rings (SSSR count). The Morgan fingerprint density at radius 3 is 2.60 bits per heavy atom. The molecule has 110 valence electrons. The van der Waals surface area contributed by atoms with E-state index in [9.17, 15) is 9.59 Å². The summed E-state index contributed by atoms with van der Waals surface area (Å²) in [5, 5.41) is 2.82. The van der Waals surface area contributed by atoms with Crippen LogP contribution in [0.2, 0.25) is 0 Å². The zero-order valence-electron chi connectivity index (χ0n) is 12.5. The van der Waals surface area contributed by atoms with E-state index in [-0.39, 0.29) is 17.9 Å². The van der Waals surface area contributed by atoms with Crippen molar-refractivity contribution in [2.75, 3.05) is 0 Å². The molecule has 0 spiro atoms. The summed E-state index contributed by atoms with van der Waals surface area (Å²) in [7, 11) is 0. The number of carbonyl (C=O) groups is 2. The summed E-state index contributed by atoms with van der Waals surface area (Å²) in [6.07, 6.45) is 1.59. The standard InChI is InChI=1S/C15H22N2O2S/c1-5-6-13-15(19)17(10(3)14(18)16-13)8-12-7-9(2)11(4)20-12/h7,10,13H,5-6,8H2,1-4H3,(H,16,18). The minimum Gasteiger partial charge on any atom is -0.343 e. The second-order valence-corrected chi connectivity index (χ2v) is 6.78. The number of piperazine rings is 1. The maximum absolute atomic E-state index is 12.5. The minimum atomic E-state index is -0.390. The van der Waals surface area contributed by atoms with Gasteiger partial charge in [0.15, 0.2) is 0 Å². The average Bonchev–Trinajstić information content (AvgIpc) is 2.71. The average molecular weight is 294 g/mol. The first-order chi connectivity index (χ1) is 9.43. The Morgan fingerprint density at radius 1 is 1.35 bits per heavy atom. The lowest BCUT2D eigenvalue weighted by molar-refractivity contribution is -0.149. The molecule has 1 saturated heterocycles. The molecule has 2 amide bonds. The molecule has 1 aliphatic heterocycles. The molecular weight excluding hydrogens is 272 g/mol. The molecule has 1 aromatic heterocycles. The molecule has 2 atom stereocenters. The molecule has 1 N–H and O–H groups in total. The molecule has 20 heavy (non-hydrogen) atoms. The highest BCUT2D eigenvalue weighted by Gasteiger charge is 2.37. The van der Waals surface area contributed by atoms with E-state index in [4.69, 9.17) is 0 Å². The van der Waals surface area contributed by atoms with Crippen molar-refractivity contribution >= 4 is 23.2 Å². The minimum absolute atomic E-state index is 0.0441.